The highest BCUT2D eigenvalue weighted by Gasteiger charge is 2.32. The van der Waals surface area contributed by atoms with E-state index < -0.39 is 0 Å². The molecule has 0 saturated heterocycles. The van der Waals surface area contributed by atoms with Crippen molar-refractivity contribution >= 4 is 5.91 Å². The Morgan fingerprint density at radius 3 is 2.44 bits per heavy atom. The average Bonchev–Trinajstić information content (AvgIpc) is 2.37. The fourth-order valence-corrected chi connectivity index (χ4v) is 2.95. The summed E-state index contributed by atoms with van der Waals surface area (Å²) in [6.45, 7) is 3.50. The Labute approximate surface area is 111 Å². The van der Waals surface area contributed by atoms with E-state index in [9.17, 15) is 4.79 Å². The van der Waals surface area contributed by atoms with Crippen molar-refractivity contribution in [2.45, 2.75) is 38.6 Å². The Balaban J connectivity index is 2.61. The Morgan fingerprint density at radius 1 is 1.28 bits per heavy atom. The van der Waals surface area contributed by atoms with Crippen LogP contribution in [0.1, 0.15) is 32.6 Å². The second-order valence-electron chi connectivity index (χ2n) is 5.85. The number of hydrogen-bond acceptors (Lipinski definition) is 3. The molecule has 0 spiro atoms. The summed E-state index contributed by atoms with van der Waals surface area (Å²) in [5.41, 5.74) is 5.89. The summed E-state index contributed by atoms with van der Waals surface area (Å²) in [6.07, 6.45) is 4.93. The standard InChI is InChI=1S/C14H29N3O/c1-5-11-6-7-12(9-15)13(8-11)17(4)10-14(18)16(2)3/h11-13H,5-10,15H2,1-4H3. The normalized spacial score (nSPS) is 28.4. The molecule has 0 aromatic carbocycles. The largest absolute Gasteiger partial charge is 0.348 e. The first kappa shape index (κ1) is 15.4. The topological polar surface area (TPSA) is 49.6 Å². The van der Waals surface area contributed by atoms with Crippen molar-refractivity contribution in [2.24, 2.45) is 17.6 Å². The van der Waals surface area contributed by atoms with E-state index in [2.05, 4.69) is 18.9 Å². The van der Waals surface area contributed by atoms with Crippen LogP contribution in [0.4, 0.5) is 0 Å². The van der Waals surface area contributed by atoms with E-state index >= 15 is 0 Å². The summed E-state index contributed by atoms with van der Waals surface area (Å²) in [5.74, 6) is 1.52. The smallest absolute Gasteiger partial charge is 0.236 e. The van der Waals surface area contributed by atoms with Crippen molar-refractivity contribution in [2.75, 3.05) is 34.2 Å². The average molecular weight is 255 g/mol. The number of carbonyl (C=O) groups excluding carboxylic acids is 1. The lowest BCUT2D eigenvalue weighted by Gasteiger charge is -2.40. The third kappa shape index (κ3) is 3.95. The molecule has 0 radical (unpaired) electrons. The number of amides is 1. The van der Waals surface area contributed by atoms with Gasteiger partial charge in [-0.1, -0.05) is 19.8 Å². The van der Waals surface area contributed by atoms with E-state index in [1.807, 2.05) is 14.1 Å². The Kier molecular flexibility index (Phi) is 6.09. The van der Waals surface area contributed by atoms with Crippen molar-refractivity contribution < 1.29 is 4.79 Å². The molecule has 3 atom stereocenters. The van der Waals surface area contributed by atoms with Crippen molar-refractivity contribution in [3.63, 3.8) is 0 Å². The highest BCUT2D eigenvalue weighted by Crippen LogP contribution is 2.33. The number of nitrogens with two attached hydrogens (primary N) is 1. The van der Waals surface area contributed by atoms with Gasteiger partial charge in [-0.25, -0.2) is 0 Å². The summed E-state index contributed by atoms with van der Waals surface area (Å²) >= 11 is 0. The molecule has 18 heavy (non-hydrogen) atoms. The Bertz CT molecular complexity index is 268. The van der Waals surface area contributed by atoms with Crippen molar-refractivity contribution in [3.05, 3.63) is 0 Å². The van der Waals surface area contributed by atoms with E-state index in [0.29, 0.717) is 18.5 Å². The molecule has 1 amide bonds. The van der Waals surface area contributed by atoms with Gasteiger partial charge in [0.15, 0.2) is 0 Å². The van der Waals surface area contributed by atoms with Crippen LogP contribution in [0.5, 0.6) is 0 Å². The van der Waals surface area contributed by atoms with Crippen molar-refractivity contribution in [1.29, 1.82) is 0 Å². The van der Waals surface area contributed by atoms with Crippen LogP contribution >= 0.6 is 0 Å². The summed E-state index contributed by atoms with van der Waals surface area (Å²) in [7, 11) is 5.69. The fraction of sp³-hybridized carbons (Fsp3) is 0.929. The number of nitrogens with zero attached hydrogens (tertiary/aromatic N) is 2. The minimum atomic E-state index is 0.173. The van der Waals surface area contributed by atoms with E-state index in [1.165, 1.54) is 25.7 Å². The molecular formula is C14H29N3O. The van der Waals surface area contributed by atoms with Gasteiger partial charge in [-0.3, -0.25) is 9.69 Å². The van der Waals surface area contributed by atoms with Crippen molar-refractivity contribution in [3.8, 4) is 0 Å². The third-order valence-corrected chi connectivity index (χ3v) is 4.39. The monoisotopic (exact) mass is 255 g/mol. The predicted molar refractivity (Wildman–Crippen MR) is 75.3 cm³/mol. The first-order valence-electron chi connectivity index (χ1n) is 7.10. The molecule has 1 aliphatic rings. The van der Waals surface area contributed by atoms with Crippen LogP contribution in [0.25, 0.3) is 0 Å². The lowest BCUT2D eigenvalue weighted by Crippen LogP contribution is -2.48. The number of carbonyl (C=O) groups is 1. The van der Waals surface area contributed by atoms with Crippen LogP contribution in [0.3, 0.4) is 0 Å². The summed E-state index contributed by atoms with van der Waals surface area (Å²) in [5, 5.41) is 0. The quantitative estimate of drug-likeness (QED) is 0.802. The molecule has 4 heteroatoms. The second kappa shape index (κ2) is 7.10. The van der Waals surface area contributed by atoms with Gasteiger partial charge >= 0.3 is 0 Å². The molecule has 4 nitrogen and oxygen atoms in total. The van der Waals surface area contributed by atoms with Gasteiger partial charge in [0.2, 0.25) is 5.91 Å². The van der Waals surface area contributed by atoms with Gasteiger partial charge in [-0.05, 0) is 38.3 Å². The zero-order valence-electron chi connectivity index (χ0n) is 12.4. The maximum atomic E-state index is 11.8. The van der Waals surface area contributed by atoms with Gasteiger partial charge < -0.3 is 10.6 Å². The maximum absolute atomic E-state index is 11.8. The van der Waals surface area contributed by atoms with Gasteiger partial charge in [-0.2, -0.15) is 0 Å². The molecule has 0 aromatic rings. The number of rotatable bonds is 5. The van der Waals surface area contributed by atoms with Gasteiger partial charge in [0, 0.05) is 20.1 Å². The molecular weight excluding hydrogens is 226 g/mol. The SMILES string of the molecule is CCC1CCC(CN)C(N(C)CC(=O)N(C)C)C1. The summed E-state index contributed by atoms with van der Waals surface area (Å²) in [6, 6.07) is 0.470. The molecule has 2 N–H and O–H groups in total. The van der Waals surface area contributed by atoms with E-state index in [-0.39, 0.29) is 5.91 Å². The highest BCUT2D eigenvalue weighted by atomic mass is 16.2. The molecule has 0 bridgehead atoms. The first-order valence-corrected chi connectivity index (χ1v) is 7.10. The minimum Gasteiger partial charge on any atom is -0.348 e. The van der Waals surface area contributed by atoms with Crippen LogP contribution in [0, 0.1) is 11.8 Å². The molecule has 1 saturated carbocycles. The van der Waals surface area contributed by atoms with Crippen molar-refractivity contribution in [1.82, 2.24) is 9.80 Å². The molecule has 1 fully saturated rings. The Morgan fingerprint density at radius 2 is 1.94 bits per heavy atom. The lowest BCUT2D eigenvalue weighted by molar-refractivity contribution is -0.130. The minimum absolute atomic E-state index is 0.173. The molecule has 1 rings (SSSR count). The van der Waals surface area contributed by atoms with E-state index in [0.717, 1.165) is 12.5 Å². The van der Waals surface area contributed by atoms with Gasteiger partial charge in [0.1, 0.15) is 0 Å². The second-order valence-corrected chi connectivity index (χ2v) is 5.85. The fourth-order valence-electron chi connectivity index (χ4n) is 2.95. The van der Waals surface area contributed by atoms with Crippen LogP contribution in [0.2, 0.25) is 0 Å². The highest BCUT2D eigenvalue weighted by molar-refractivity contribution is 5.77. The van der Waals surface area contributed by atoms with Gasteiger partial charge in [0.25, 0.3) is 0 Å². The molecule has 0 aromatic heterocycles. The number of likely N-dealkylation sites (N-methyl/N-ethyl adjacent to an activating group) is 2. The predicted octanol–water partition coefficient (Wildman–Crippen LogP) is 1.16. The lowest BCUT2D eigenvalue weighted by atomic mass is 9.76. The summed E-state index contributed by atoms with van der Waals surface area (Å²) < 4.78 is 0. The molecule has 106 valence electrons. The van der Waals surface area contributed by atoms with Gasteiger partial charge in [-0.15, -0.1) is 0 Å². The molecule has 0 aliphatic heterocycles. The van der Waals surface area contributed by atoms with Crippen LogP contribution in [0.15, 0.2) is 0 Å². The molecule has 3 unspecified atom stereocenters. The zero-order chi connectivity index (χ0) is 13.7. The van der Waals surface area contributed by atoms with E-state index in [4.69, 9.17) is 5.73 Å². The van der Waals surface area contributed by atoms with Crippen LogP contribution in [-0.4, -0.2) is 56.0 Å². The molecule has 0 heterocycles. The number of hydrogen-bond donors (Lipinski definition) is 1. The molecule has 1 aliphatic carbocycles. The first-order chi connectivity index (χ1) is 8.49. The summed E-state index contributed by atoms with van der Waals surface area (Å²) in [4.78, 5) is 15.7. The Hall–Kier alpha value is -0.610. The third-order valence-electron chi connectivity index (χ3n) is 4.39. The van der Waals surface area contributed by atoms with Gasteiger partial charge in [0.05, 0.1) is 6.54 Å². The van der Waals surface area contributed by atoms with Crippen LogP contribution in [-0.2, 0) is 4.79 Å². The van der Waals surface area contributed by atoms with Crippen LogP contribution < -0.4 is 5.73 Å². The van der Waals surface area contributed by atoms with E-state index in [1.54, 1.807) is 4.90 Å². The maximum Gasteiger partial charge on any atom is 0.236 e. The zero-order valence-corrected chi connectivity index (χ0v) is 12.4.